The standard InChI is InChI=1S/C18H33N3O2/c1-2-19-17(21-14-18(8-9-18)15-6-7-15)20-10-4-11-22-13-16-5-3-12-23-16/h15-16H,2-14H2,1H3,(H2,19,20,21). The molecule has 2 saturated carbocycles. The average molecular weight is 323 g/mol. The minimum atomic E-state index is 0.332. The van der Waals surface area contributed by atoms with Crippen molar-refractivity contribution < 1.29 is 9.47 Å². The SMILES string of the molecule is CCNC(=NCC1(C2CC2)CC1)NCCCOCC1CCCO1. The number of nitrogens with one attached hydrogen (secondary N) is 2. The molecule has 0 radical (unpaired) electrons. The third-order valence-corrected chi connectivity index (χ3v) is 5.32. The summed E-state index contributed by atoms with van der Waals surface area (Å²) in [5.41, 5.74) is 0.576. The summed E-state index contributed by atoms with van der Waals surface area (Å²) in [7, 11) is 0. The maximum Gasteiger partial charge on any atom is 0.191 e. The van der Waals surface area contributed by atoms with Crippen molar-refractivity contribution in [3.05, 3.63) is 0 Å². The molecule has 132 valence electrons. The van der Waals surface area contributed by atoms with E-state index in [2.05, 4.69) is 17.6 Å². The number of nitrogens with zero attached hydrogens (tertiary/aromatic N) is 1. The molecule has 1 heterocycles. The lowest BCUT2D eigenvalue weighted by Crippen LogP contribution is -2.38. The van der Waals surface area contributed by atoms with Gasteiger partial charge in [0.05, 0.1) is 12.7 Å². The fourth-order valence-corrected chi connectivity index (χ4v) is 3.50. The first-order chi connectivity index (χ1) is 11.3. The predicted octanol–water partition coefficient (Wildman–Crippen LogP) is 2.32. The summed E-state index contributed by atoms with van der Waals surface area (Å²) in [6.45, 7) is 7.39. The van der Waals surface area contributed by atoms with Gasteiger partial charge in [0.1, 0.15) is 0 Å². The van der Waals surface area contributed by atoms with Gasteiger partial charge in [0.2, 0.25) is 0 Å². The summed E-state index contributed by atoms with van der Waals surface area (Å²) in [4.78, 5) is 4.82. The Hall–Kier alpha value is -0.810. The summed E-state index contributed by atoms with van der Waals surface area (Å²) < 4.78 is 11.3. The topological polar surface area (TPSA) is 54.9 Å². The monoisotopic (exact) mass is 323 g/mol. The Balaban J connectivity index is 1.28. The van der Waals surface area contributed by atoms with E-state index in [4.69, 9.17) is 14.5 Å². The van der Waals surface area contributed by atoms with E-state index >= 15 is 0 Å². The van der Waals surface area contributed by atoms with Crippen LogP contribution in [0.4, 0.5) is 0 Å². The zero-order valence-corrected chi connectivity index (χ0v) is 14.6. The molecule has 3 fully saturated rings. The van der Waals surface area contributed by atoms with Crippen molar-refractivity contribution in [2.24, 2.45) is 16.3 Å². The molecule has 5 heteroatoms. The van der Waals surface area contributed by atoms with E-state index in [0.717, 1.165) is 64.2 Å². The van der Waals surface area contributed by atoms with Crippen LogP contribution in [-0.4, -0.2) is 51.5 Å². The highest BCUT2D eigenvalue weighted by Crippen LogP contribution is 2.61. The molecule has 0 bridgehead atoms. The quantitative estimate of drug-likeness (QED) is 0.368. The Kier molecular flexibility index (Phi) is 6.17. The molecule has 0 aromatic carbocycles. The Morgan fingerprint density at radius 3 is 2.78 bits per heavy atom. The minimum absolute atomic E-state index is 0.332. The molecule has 1 aliphatic heterocycles. The second-order valence-corrected chi connectivity index (χ2v) is 7.32. The average Bonchev–Trinajstić information content (AvgIpc) is 3.47. The third-order valence-electron chi connectivity index (χ3n) is 5.32. The molecule has 1 saturated heterocycles. The molecule has 2 N–H and O–H groups in total. The number of hydrogen-bond donors (Lipinski definition) is 2. The van der Waals surface area contributed by atoms with Crippen LogP contribution in [0.15, 0.2) is 4.99 Å². The lowest BCUT2D eigenvalue weighted by molar-refractivity contribution is 0.0168. The van der Waals surface area contributed by atoms with Gasteiger partial charge in [-0.15, -0.1) is 0 Å². The first-order valence-electron chi connectivity index (χ1n) is 9.54. The van der Waals surface area contributed by atoms with E-state index in [1.807, 2.05) is 0 Å². The Morgan fingerprint density at radius 1 is 1.26 bits per heavy atom. The summed E-state index contributed by atoms with van der Waals surface area (Å²) >= 11 is 0. The van der Waals surface area contributed by atoms with Crippen molar-refractivity contribution in [1.82, 2.24) is 10.6 Å². The number of rotatable bonds is 10. The molecule has 1 atom stereocenters. The highest BCUT2D eigenvalue weighted by molar-refractivity contribution is 5.79. The molecule has 3 rings (SSSR count). The van der Waals surface area contributed by atoms with E-state index in [1.54, 1.807) is 0 Å². The van der Waals surface area contributed by atoms with Crippen LogP contribution in [-0.2, 0) is 9.47 Å². The van der Waals surface area contributed by atoms with Crippen molar-refractivity contribution >= 4 is 5.96 Å². The highest BCUT2D eigenvalue weighted by atomic mass is 16.5. The maximum absolute atomic E-state index is 5.70. The number of ether oxygens (including phenoxy) is 2. The number of guanidine groups is 1. The minimum Gasteiger partial charge on any atom is -0.379 e. The van der Waals surface area contributed by atoms with E-state index < -0.39 is 0 Å². The molecule has 0 spiro atoms. The zero-order chi connectivity index (χ0) is 16.0. The molecular weight excluding hydrogens is 290 g/mol. The molecule has 5 nitrogen and oxygen atoms in total. The van der Waals surface area contributed by atoms with Crippen molar-refractivity contribution in [2.45, 2.75) is 58.0 Å². The second-order valence-electron chi connectivity index (χ2n) is 7.32. The molecule has 2 aliphatic carbocycles. The fourth-order valence-electron chi connectivity index (χ4n) is 3.50. The van der Waals surface area contributed by atoms with Gasteiger partial charge in [0.15, 0.2) is 5.96 Å². The van der Waals surface area contributed by atoms with Crippen molar-refractivity contribution in [3.63, 3.8) is 0 Å². The van der Waals surface area contributed by atoms with Crippen LogP contribution in [0.5, 0.6) is 0 Å². The van der Waals surface area contributed by atoms with E-state index in [0.29, 0.717) is 11.5 Å². The molecule has 3 aliphatic rings. The molecule has 0 aromatic heterocycles. The smallest absolute Gasteiger partial charge is 0.191 e. The number of hydrogen-bond acceptors (Lipinski definition) is 3. The van der Waals surface area contributed by atoms with Gasteiger partial charge in [-0.25, -0.2) is 0 Å². The largest absolute Gasteiger partial charge is 0.379 e. The van der Waals surface area contributed by atoms with Gasteiger partial charge < -0.3 is 20.1 Å². The lowest BCUT2D eigenvalue weighted by atomic mass is 10.0. The summed E-state index contributed by atoms with van der Waals surface area (Å²) in [5, 5.41) is 6.79. The van der Waals surface area contributed by atoms with Crippen molar-refractivity contribution in [1.29, 1.82) is 0 Å². The van der Waals surface area contributed by atoms with Crippen molar-refractivity contribution in [3.8, 4) is 0 Å². The van der Waals surface area contributed by atoms with Gasteiger partial charge in [-0.2, -0.15) is 0 Å². The summed E-state index contributed by atoms with van der Waals surface area (Å²) in [5.74, 6) is 1.94. The van der Waals surface area contributed by atoms with Gasteiger partial charge in [0, 0.05) is 32.8 Å². The van der Waals surface area contributed by atoms with Gasteiger partial charge in [-0.3, -0.25) is 4.99 Å². The van der Waals surface area contributed by atoms with Crippen molar-refractivity contribution in [2.75, 3.05) is 39.5 Å². The molecule has 0 amide bonds. The molecule has 0 aromatic rings. The highest BCUT2D eigenvalue weighted by Gasteiger charge is 2.53. The first kappa shape index (κ1) is 17.0. The Morgan fingerprint density at radius 2 is 2.13 bits per heavy atom. The van der Waals surface area contributed by atoms with Crippen LogP contribution in [0.3, 0.4) is 0 Å². The summed E-state index contributed by atoms with van der Waals surface area (Å²) in [6.07, 6.45) is 9.31. The normalized spacial score (nSPS) is 26.3. The van der Waals surface area contributed by atoms with Crippen LogP contribution >= 0.6 is 0 Å². The van der Waals surface area contributed by atoms with Crippen LogP contribution in [0, 0.1) is 11.3 Å². The number of aliphatic imine (C=N–C) groups is 1. The van der Waals surface area contributed by atoms with Gasteiger partial charge in [0.25, 0.3) is 0 Å². The van der Waals surface area contributed by atoms with Gasteiger partial charge >= 0.3 is 0 Å². The van der Waals surface area contributed by atoms with E-state index in [1.165, 1.54) is 32.1 Å². The van der Waals surface area contributed by atoms with Crippen LogP contribution in [0.25, 0.3) is 0 Å². The third kappa shape index (κ3) is 5.35. The Labute approximate surface area is 140 Å². The second kappa shape index (κ2) is 8.34. The summed E-state index contributed by atoms with van der Waals surface area (Å²) in [6, 6.07) is 0. The van der Waals surface area contributed by atoms with Crippen LogP contribution < -0.4 is 10.6 Å². The maximum atomic E-state index is 5.70. The van der Waals surface area contributed by atoms with Crippen LogP contribution in [0.1, 0.15) is 51.9 Å². The van der Waals surface area contributed by atoms with E-state index in [-0.39, 0.29) is 0 Å². The van der Waals surface area contributed by atoms with E-state index in [9.17, 15) is 0 Å². The van der Waals surface area contributed by atoms with Gasteiger partial charge in [-0.1, -0.05) is 0 Å². The molecule has 1 unspecified atom stereocenters. The zero-order valence-electron chi connectivity index (χ0n) is 14.6. The molecule has 23 heavy (non-hydrogen) atoms. The van der Waals surface area contributed by atoms with Crippen LogP contribution in [0.2, 0.25) is 0 Å². The Bertz CT molecular complexity index is 386. The fraction of sp³-hybridized carbons (Fsp3) is 0.944. The predicted molar refractivity (Wildman–Crippen MR) is 92.8 cm³/mol. The first-order valence-corrected chi connectivity index (χ1v) is 9.54. The lowest BCUT2D eigenvalue weighted by Gasteiger charge is -2.15. The molecular formula is C18H33N3O2. The van der Waals surface area contributed by atoms with Gasteiger partial charge in [-0.05, 0) is 63.2 Å².